The molecule has 0 aliphatic carbocycles. The molecular formula is C24H27BrN6O2. The van der Waals surface area contributed by atoms with E-state index >= 15 is 0 Å². The lowest BCUT2D eigenvalue weighted by molar-refractivity contribution is 0.827. The zero-order valence-electron chi connectivity index (χ0n) is 19.3. The molecule has 4 rings (SSSR count). The molecule has 4 aromatic rings. The molecule has 9 heteroatoms. The number of aliphatic imine (C=N–C) groups is 1. The molecule has 2 aromatic carbocycles. The molecule has 0 saturated heterocycles. The van der Waals surface area contributed by atoms with Crippen LogP contribution in [0.15, 0.2) is 43.3 Å². The maximum absolute atomic E-state index is 13.3. The number of aryl methyl sites for hydroxylation is 1. The van der Waals surface area contributed by atoms with E-state index in [1.165, 1.54) is 0 Å². The van der Waals surface area contributed by atoms with Gasteiger partial charge in [0.15, 0.2) is 0 Å². The number of anilines is 1. The minimum Gasteiger partial charge on any atom is -0.370 e. The fourth-order valence-electron chi connectivity index (χ4n) is 4.01. The largest absolute Gasteiger partial charge is 0.370 e. The lowest BCUT2D eigenvalue weighted by Crippen LogP contribution is -2.22. The van der Waals surface area contributed by atoms with Crippen LogP contribution in [0.1, 0.15) is 36.2 Å². The van der Waals surface area contributed by atoms with E-state index in [0.29, 0.717) is 16.8 Å². The molecule has 0 atom stereocenters. The highest BCUT2D eigenvalue weighted by Gasteiger charge is 2.16. The summed E-state index contributed by atoms with van der Waals surface area (Å²) in [5.41, 5.74) is 6.67. The first-order valence-corrected chi connectivity index (χ1v) is 11.7. The van der Waals surface area contributed by atoms with E-state index in [1.54, 1.807) is 10.9 Å². The standard InChI is InChI=1S/C24H27BrN6O2/c1-6-30(7-2)22-11-19-18(27-24(33)28-19)10-20(22)26-12-16-15(5)29-31(23(16)32)21-9-8-17(25)13(3)14(21)4/h8-12,29H,6-7H2,1-5H3,(H2,27,28,33). The number of hydrogen-bond donors (Lipinski definition) is 3. The Labute approximate surface area is 199 Å². The van der Waals surface area contributed by atoms with E-state index in [4.69, 9.17) is 4.99 Å². The molecule has 0 fully saturated rings. The van der Waals surface area contributed by atoms with E-state index in [2.05, 4.69) is 49.7 Å². The Hall–Kier alpha value is -3.33. The van der Waals surface area contributed by atoms with Gasteiger partial charge in [-0.3, -0.25) is 14.9 Å². The van der Waals surface area contributed by atoms with Crippen molar-refractivity contribution in [3.8, 4) is 5.69 Å². The molecule has 0 bridgehead atoms. The fourth-order valence-corrected chi connectivity index (χ4v) is 4.44. The van der Waals surface area contributed by atoms with E-state index in [0.717, 1.165) is 51.3 Å². The first-order valence-electron chi connectivity index (χ1n) is 10.9. The second-order valence-electron chi connectivity index (χ2n) is 8.00. The molecule has 33 heavy (non-hydrogen) atoms. The van der Waals surface area contributed by atoms with Crippen molar-refractivity contribution in [3.05, 3.63) is 72.0 Å². The van der Waals surface area contributed by atoms with Gasteiger partial charge in [-0.2, -0.15) is 0 Å². The molecule has 0 saturated carbocycles. The van der Waals surface area contributed by atoms with Crippen molar-refractivity contribution in [2.24, 2.45) is 4.99 Å². The van der Waals surface area contributed by atoms with E-state index in [9.17, 15) is 9.59 Å². The van der Waals surface area contributed by atoms with E-state index in [-0.39, 0.29) is 11.2 Å². The number of halogens is 1. The number of aromatic amines is 3. The third-order valence-corrected chi connectivity index (χ3v) is 6.96. The number of imidazole rings is 1. The van der Waals surface area contributed by atoms with E-state index in [1.807, 2.05) is 45.0 Å². The van der Waals surface area contributed by atoms with Gasteiger partial charge in [-0.05, 0) is 70.0 Å². The van der Waals surface area contributed by atoms with Crippen LogP contribution in [0, 0.1) is 20.8 Å². The number of H-pyrrole nitrogens is 3. The molecule has 3 N–H and O–H groups in total. The van der Waals surface area contributed by atoms with Gasteiger partial charge in [0, 0.05) is 29.5 Å². The van der Waals surface area contributed by atoms with Crippen molar-refractivity contribution in [1.29, 1.82) is 0 Å². The second kappa shape index (κ2) is 8.90. The Kier molecular flexibility index (Phi) is 6.16. The first kappa shape index (κ1) is 22.8. The number of rotatable bonds is 6. The Bertz CT molecular complexity index is 1480. The molecule has 8 nitrogen and oxygen atoms in total. The fraction of sp³-hybridized carbons (Fsp3) is 0.292. The van der Waals surface area contributed by atoms with Gasteiger partial charge < -0.3 is 14.9 Å². The molecule has 0 amide bonds. The number of nitrogens with zero attached hydrogens (tertiary/aromatic N) is 3. The quantitative estimate of drug-likeness (QED) is 0.329. The normalized spacial score (nSPS) is 11.7. The van der Waals surface area contributed by atoms with Crippen molar-refractivity contribution in [3.63, 3.8) is 0 Å². The Morgan fingerprint density at radius 3 is 2.36 bits per heavy atom. The molecule has 0 aliphatic heterocycles. The summed E-state index contributed by atoms with van der Waals surface area (Å²) in [6.45, 7) is 11.6. The monoisotopic (exact) mass is 510 g/mol. The van der Waals surface area contributed by atoms with Gasteiger partial charge in [0.2, 0.25) is 0 Å². The number of benzene rings is 2. The van der Waals surface area contributed by atoms with Crippen LogP contribution in [0.4, 0.5) is 11.4 Å². The minimum absolute atomic E-state index is 0.165. The topological polar surface area (TPSA) is 102 Å². The van der Waals surface area contributed by atoms with Crippen LogP contribution in [0.25, 0.3) is 16.7 Å². The van der Waals surface area contributed by atoms with Crippen LogP contribution in [0.2, 0.25) is 0 Å². The van der Waals surface area contributed by atoms with Gasteiger partial charge in [-0.1, -0.05) is 15.9 Å². The SMILES string of the molecule is CCN(CC)c1cc2[nH]c(=O)[nH]c2cc1N=Cc1c(C)[nH]n(-c2ccc(Br)c(C)c2C)c1=O. The van der Waals surface area contributed by atoms with Gasteiger partial charge in [-0.25, -0.2) is 9.48 Å². The van der Waals surface area contributed by atoms with Crippen LogP contribution < -0.4 is 16.1 Å². The smallest absolute Gasteiger partial charge is 0.323 e. The summed E-state index contributed by atoms with van der Waals surface area (Å²) in [6, 6.07) is 7.61. The number of aromatic nitrogens is 4. The van der Waals surface area contributed by atoms with Crippen LogP contribution in [-0.4, -0.2) is 39.1 Å². The Morgan fingerprint density at radius 2 is 1.70 bits per heavy atom. The highest BCUT2D eigenvalue weighted by atomic mass is 79.9. The zero-order chi connectivity index (χ0) is 23.9. The lowest BCUT2D eigenvalue weighted by Gasteiger charge is -2.22. The van der Waals surface area contributed by atoms with Crippen LogP contribution in [0.3, 0.4) is 0 Å². The average Bonchev–Trinajstić information content (AvgIpc) is 3.28. The summed E-state index contributed by atoms with van der Waals surface area (Å²) in [6.07, 6.45) is 1.60. The van der Waals surface area contributed by atoms with Crippen molar-refractivity contribution in [2.45, 2.75) is 34.6 Å². The first-order chi connectivity index (χ1) is 15.7. The summed E-state index contributed by atoms with van der Waals surface area (Å²) < 4.78 is 2.56. The average molecular weight is 511 g/mol. The number of hydrogen-bond acceptors (Lipinski definition) is 4. The summed E-state index contributed by atoms with van der Waals surface area (Å²) in [5.74, 6) is 0. The van der Waals surface area contributed by atoms with Crippen molar-refractivity contribution in [1.82, 2.24) is 19.7 Å². The summed E-state index contributed by atoms with van der Waals surface area (Å²) >= 11 is 3.54. The highest BCUT2D eigenvalue weighted by Crippen LogP contribution is 2.32. The van der Waals surface area contributed by atoms with Crippen LogP contribution >= 0.6 is 15.9 Å². The predicted molar refractivity (Wildman–Crippen MR) is 138 cm³/mol. The van der Waals surface area contributed by atoms with Crippen LogP contribution in [-0.2, 0) is 0 Å². The van der Waals surface area contributed by atoms with Crippen LogP contribution in [0.5, 0.6) is 0 Å². The second-order valence-corrected chi connectivity index (χ2v) is 8.86. The summed E-state index contributed by atoms with van der Waals surface area (Å²) in [7, 11) is 0. The Morgan fingerprint density at radius 1 is 1.03 bits per heavy atom. The minimum atomic E-state index is -0.263. The molecule has 172 valence electrons. The van der Waals surface area contributed by atoms with Gasteiger partial charge >= 0.3 is 5.69 Å². The van der Waals surface area contributed by atoms with Crippen molar-refractivity contribution < 1.29 is 0 Å². The molecule has 0 unspecified atom stereocenters. The van der Waals surface area contributed by atoms with Gasteiger partial charge in [0.05, 0.1) is 33.7 Å². The van der Waals surface area contributed by atoms with Crippen molar-refractivity contribution in [2.75, 3.05) is 18.0 Å². The predicted octanol–water partition coefficient (Wildman–Crippen LogP) is 4.62. The molecule has 0 radical (unpaired) electrons. The third-order valence-electron chi connectivity index (χ3n) is 6.10. The highest BCUT2D eigenvalue weighted by molar-refractivity contribution is 9.10. The zero-order valence-corrected chi connectivity index (χ0v) is 20.9. The van der Waals surface area contributed by atoms with Gasteiger partial charge in [-0.15, -0.1) is 0 Å². The molecule has 0 aliphatic rings. The molecule has 2 heterocycles. The lowest BCUT2D eigenvalue weighted by atomic mass is 10.1. The molecular weight excluding hydrogens is 484 g/mol. The maximum Gasteiger partial charge on any atom is 0.323 e. The van der Waals surface area contributed by atoms with Crippen molar-refractivity contribution >= 4 is 44.6 Å². The Balaban J connectivity index is 1.82. The molecule has 2 aromatic heterocycles. The van der Waals surface area contributed by atoms with Gasteiger partial charge in [0.25, 0.3) is 5.56 Å². The summed E-state index contributed by atoms with van der Waals surface area (Å²) in [4.78, 5) is 37.5. The van der Waals surface area contributed by atoms with E-state index < -0.39 is 0 Å². The number of nitrogens with one attached hydrogen (secondary N) is 3. The van der Waals surface area contributed by atoms with Gasteiger partial charge in [0.1, 0.15) is 0 Å². The maximum atomic E-state index is 13.3. The summed E-state index contributed by atoms with van der Waals surface area (Å²) in [5, 5.41) is 3.18. The number of fused-ring (bicyclic) bond motifs is 1. The molecule has 0 spiro atoms. The third kappa shape index (κ3) is 4.08.